The normalized spacial score (nSPS) is 11.6. The van der Waals surface area contributed by atoms with Crippen molar-refractivity contribution in [1.82, 2.24) is 15.5 Å². The van der Waals surface area contributed by atoms with Gasteiger partial charge in [0.15, 0.2) is 11.5 Å². The molecule has 7 nitrogen and oxygen atoms in total. The van der Waals surface area contributed by atoms with E-state index in [-0.39, 0.29) is 11.7 Å². The van der Waals surface area contributed by atoms with Gasteiger partial charge in [0.1, 0.15) is 11.6 Å². The van der Waals surface area contributed by atoms with E-state index in [0.717, 1.165) is 11.3 Å². The second-order valence-electron chi connectivity index (χ2n) is 7.72. The number of methoxy groups -OCH3 is 2. The molecule has 0 saturated heterocycles. The Morgan fingerprint density at radius 1 is 1.06 bits per heavy atom. The molecule has 0 saturated carbocycles. The molecule has 1 atom stereocenters. The van der Waals surface area contributed by atoms with Crippen molar-refractivity contribution < 1.29 is 23.2 Å². The molecule has 0 aliphatic carbocycles. The van der Waals surface area contributed by atoms with Crippen molar-refractivity contribution in [3.05, 3.63) is 95.3 Å². The van der Waals surface area contributed by atoms with Gasteiger partial charge in [-0.1, -0.05) is 23.4 Å². The van der Waals surface area contributed by atoms with Crippen molar-refractivity contribution in [1.29, 1.82) is 0 Å². The number of ether oxygens (including phenoxy) is 2. The monoisotopic (exact) mass is 461 g/mol. The first-order valence-corrected chi connectivity index (χ1v) is 10.6. The number of aryl methyl sites for hydroxylation is 1. The van der Waals surface area contributed by atoms with Crippen LogP contribution in [-0.4, -0.2) is 30.3 Å². The Balaban J connectivity index is 1.58. The Labute approximate surface area is 196 Å². The molecule has 0 radical (unpaired) electrons. The molecule has 34 heavy (non-hydrogen) atoms. The molecular formula is C26H24FN3O4. The summed E-state index contributed by atoms with van der Waals surface area (Å²) in [4.78, 5) is 17.4. The van der Waals surface area contributed by atoms with Gasteiger partial charge >= 0.3 is 0 Å². The average Bonchev–Trinajstić information content (AvgIpc) is 3.27. The number of carbonyl (C=O) groups is 1. The number of aromatic nitrogens is 2. The van der Waals surface area contributed by atoms with Crippen molar-refractivity contribution in [2.45, 2.75) is 19.4 Å². The van der Waals surface area contributed by atoms with Gasteiger partial charge in [-0.25, -0.2) is 4.39 Å². The van der Waals surface area contributed by atoms with E-state index in [1.807, 2.05) is 25.1 Å². The third-order valence-electron chi connectivity index (χ3n) is 5.34. The SMILES string of the molecule is COc1ccc(C(Cc2cc(C)no2)NC(=O)c2ccc(-c3cccc(F)c3)nc2)cc1OC. The number of carbonyl (C=O) groups excluding carboxylic acids is 1. The minimum Gasteiger partial charge on any atom is -0.493 e. The third kappa shape index (κ3) is 5.23. The molecule has 0 spiro atoms. The maximum atomic E-state index is 13.5. The highest BCUT2D eigenvalue weighted by Gasteiger charge is 2.21. The highest BCUT2D eigenvalue weighted by Crippen LogP contribution is 2.31. The van der Waals surface area contributed by atoms with Gasteiger partial charge in [0.05, 0.1) is 37.2 Å². The van der Waals surface area contributed by atoms with Gasteiger partial charge in [-0.15, -0.1) is 0 Å². The van der Waals surface area contributed by atoms with Crippen LogP contribution in [0.25, 0.3) is 11.3 Å². The third-order valence-corrected chi connectivity index (χ3v) is 5.34. The van der Waals surface area contributed by atoms with Crippen LogP contribution in [0.4, 0.5) is 4.39 Å². The Morgan fingerprint density at radius 3 is 2.53 bits per heavy atom. The van der Waals surface area contributed by atoms with E-state index in [9.17, 15) is 9.18 Å². The van der Waals surface area contributed by atoms with Crippen LogP contribution in [0.2, 0.25) is 0 Å². The molecule has 2 aromatic heterocycles. The number of halogens is 1. The van der Waals surface area contributed by atoms with Gasteiger partial charge in [0, 0.05) is 24.2 Å². The maximum absolute atomic E-state index is 13.5. The molecule has 1 unspecified atom stereocenters. The molecule has 0 aliphatic heterocycles. The minimum atomic E-state index is -0.428. The lowest BCUT2D eigenvalue weighted by Gasteiger charge is -2.20. The Kier molecular flexibility index (Phi) is 6.87. The van der Waals surface area contributed by atoms with Gasteiger partial charge in [-0.3, -0.25) is 9.78 Å². The number of rotatable bonds is 8. The van der Waals surface area contributed by atoms with E-state index < -0.39 is 6.04 Å². The van der Waals surface area contributed by atoms with E-state index in [0.29, 0.717) is 40.5 Å². The van der Waals surface area contributed by atoms with Crippen LogP contribution in [0, 0.1) is 12.7 Å². The highest BCUT2D eigenvalue weighted by atomic mass is 19.1. The zero-order chi connectivity index (χ0) is 24.1. The molecule has 4 rings (SSSR count). The predicted octanol–water partition coefficient (Wildman–Crippen LogP) is 4.92. The van der Waals surface area contributed by atoms with Crippen molar-refractivity contribution in [3.63, 3.8) is 0 Å². The summed E-state index contributed by atoms with van der Waals surface area (Å²) in [7, 11) is 3.12. The fourth-order valence-electron chi connectivity index (χ4n) is 3.62. The number of nitrogens with one attached hydrogen (secondary N) is 1. The van der Waals surface area contributed by atoms with Crippen molar-refractivity contribution in [3.8, 4) is 22.8 Å². The average molecular weight is 461 g/mol. The lowest BCUT2D eigenvalue weighted by molar-refractivity contribution is 0.0934. The Bertz CT molecular complexity index is 1290. The molecule has 4 aromatic rings. The standard InChI is InChI=1S/C26H24FN3O4/c1-16-11-21(34-30-16)14-23(18-8-10-24(32-2)25(13-18)33-3)29-26(31)19-7-9-22(28-15-19)17-5-4-6-20(27)12-17/h4-13,15,23H,14H2,1-3H3,(H,29,31). The number of amides is 1. The van der Waals surface area contributed by atoms with Gasteiger partial charge < -0.3 is 19.3 Å². The predicted molar refractivity (Wildman–Crippen MR) is 124 cm³/mol. The summed E-state index contributed by atoms with van der Waals surface area (Å²) in [6.07, 6.45) is 1.86. The molecule has 2 heterocycles. The van der Waals surface area contributed by atoms with Gasteiger partial charge in [-0.2, -0.15) is 0 Å². The molecule has 1 N–H and O–H groups in total. The Hall–Kier alpha value is -4.20. The van der Waals surface area contributed by atoms with Gasteiger partial charge in [0.2, 0.25) is 0 Å². The topological polar surface area (TPSA) is 86.5 Å². The number of pyridine rings is 1. The maximum Gasteiger partial charge on any atom is 0.253 e. The molecule has 0 fully saturated rings. The lowest BCUT2D eigenvalue weighted by Crippen LogP contribution is -2.30. The summed E-state index contributed by atoms with van der Waals surface area (Å²) in [6.45, 7) is 1.84. The van der Waals surface area contributed by atoms with Crippen LogP contribution >= 0.6 is 0 Å². The summed E-state index contributed by atoms with van der Waals surface area (Å²) in [5.74, 6) is 1.12. The summed E-state index contributed by atoms with van der Waals surface area (Å²) in [5.41, 5.74) is 3.15. The summed E-state index contributed by atoms with van der Waals surface area (Å²) >= 11 is 0. The van der Waals surface area contributed by atoms with Crippen LogP contribution < -0.4 is 14.8 Å². The van der Waals surface area contributed by atoms with Gasteiger partial charge in [-0.05, 0) is 48.9 Å². The van der Waals surface area contributed by atoms with E-state index in [4.69, 9.17) is 14.0 Å². The van der Waals surface area contributed by atoms with E-state index >= 15 is 0 Å². The largest absolute Gasteiger partial charge is 0.493 e. The molecule has 0 bridgehead atoms. The van der Waals surface area contributed by atoms with Crippen LogP contribution in [-0.2, 0) is 6.42 Å². The zero-order valence-electron chi connectivity index (χ0n) is 19.0. The highest BCUT2D eigenvalue weighted by molar-refractivity contribution is 5.94. The van der Waals surface area contributed by atoms with E-state index in [2.05, 4.69) is 15.5 Å². The molecule has 2 aromatic carbocycles. The lowest BCUT2D eigenvalue weighted by atomic mass is 10.0. The first-order valence-electron chi connectivity index (χ1n) is 10.6. The fraction of sp³-hybridized carbons (Fsp3) is 0.192. The molecule has 174 valence electrons. The fourth-order valence-corrected chi connectivity index (χ4v) is 3.62. The van der Waals surface area contributed by atoms with Crippen LogP contribution in [0.3, 0.4) is 0 Å². The Morgan fingerprint density at radius 2 is 1.88 bits per heavy atom. The summed E-state index contributed by atoms with van der Waals surface area (Å²) in [6, 6.07) is 16.4. The number of hydrogen-bond acceptors (Lipinski definition) is 6. The zero-order valence-corrected chi connectivity index (χ0v) is 19.0. The van der Waals surface area contributed by atoms with Crippen molar-refractivity contribution >= 4 is 5.91 Å². The number of hydrogen-bond donors (Lipinski definition) is 1. The van der Waals surface area contributed by atoms with Crippen LogP contribution in [0.5, 0.6) is 11.5 Å². The van der Waals surface area contributed by atoms with E-state index in [1.165, 1.54) is 18.3 Å². The first-order chi connectivity index (χ1) is 16.5. The van der Waals surface area contributed by atoms with Crippen LogP contribution in [0.1, 0.15) is 33.4 Å². The summed E-state index contributed by atoms with van der Waals surface area (Å²) < 4.78 is 29.7. The molecule has 1 amide bonds. The molecular weight excluding hydrogens is 437 g/mol. The van der Waals surface area contributed by atoms with Crippen molar-refractivity contribution in [2.75, 3.05) is 14.2 Å². The quantitative estimate of drug-likeness (QED) is 0.401. The minimum absolute atomic E-state index is 0.311. The first kappa shape index (κ1) is 23.0. The van der Waals surface area contributed by atoms with Gasteiger partial charge in [0.25, 0.3) is 5.91 Å². The second-order valence-corrected chi connectivity index (χ2v) is 7.72. The summed E-state index contributed by atoms with van der Waals surface area (Å²) in [5, 5.41) is 6.98. The van der Waals surface area contributed by atoms with E-state index in [1.54, 1.807) is 44.6 Å². The van der Waals surface area contributed by atoms with Crippen molar-refractivity contribution in [2.24, 2.45) is 0 Å². The second kappa shape index (κ2) is 10.2. The molecule has 0 aliphatic rings. The number of benzene rings is 2. The number of nitrogens with zero attached hydrogens (tertiary/aromatic N) is 2. The molecule has 8 heteroatoms. The smallest absolute Gasteiger partial charge is 0.253 e. The van der Waals surface area contributed by atoms with Crippen LogP contribution in [0.15, 0.2) is 71.4 Å².